The van der Waals surface area contributed by atoms with Crippen molar-refractivity contribution >= 4 is 23.5 Å². The van der Waals surface area contributed by atoms with Crippen LogP contribution in [0, 0.1) is 0 Å². The van der Waals surface area contributed by atoms with Crippen molar-refractivity contribution in [3.8, 4) is 0 Å². The highest BCUT2D eigenvalue weighted by Gasteiger charge is 2.39. The molecule has 1 aliphatic heterocycles. The largest absolute Gasteiger partial charge is 0.325 e. The molecule has 1 heterocycles. The van der Waals surface area contributed by atoms with Crippen LogP contribution in [0.4, 0.5) is 10.5 Å². The van der Waals surface area contributed by atoms with Gasteiger partial charge < -0.3 is 10.2 Å². The predicted octanol–water partition coefficient (Wildman–Crippen LogP) is 1.81. The molecule has 128 valence electrons. The molecule has 0 radical (unpaired) electrons. The van der Waals surface area contributed by atoms with Gasteiger partial charge in [0.15, 0.2) is 0 Å². The van der Waals surface area contributed by atoms with Crippen molar-refractivity contribution in [2.75, 3.05) is 18.5 Å². The lowest BCUT2D eigenvalue weighted by atomic mass is 10.1. The lowest BCUT2D eigenvalue weighted by Gasteiger charge is -2.20. The number of likely N-dealkylation sites (N-methyl/N-ethyl adjacent to an activating group) is 1. The number of hydrogen-bond acceptors (Lipinski definition) is 3. The Morgan fingerprint density at radius 3 is 2.28 bits per heavy atom. The Balaban J connectivity index is 1.65. The van der Waals surface area contributed by atoms with Gasteiger partial charge in [-0.3, -0.25) is 14.5 Å². The molecule has 4 amide bonds. The lowest BCUT2D eigenvalue weighted by Crippen LogP contribution is -2.42. The first kappa shape index (κ1) is 16.7. The molecule has 2 aromatic rings. The smallest absolute Gasteiger partial charge is 0.325 e. The molecule has 1 unspecified atom stereocenters. The monoisotopic (exact) mass is 337 g/mol. The van der Waals surface area contributed by atoms with Gasteiger partial charge in [0.1, 0.15) is 12.6 Å². The van der Waals surface area contributed by atoms with Gasteiger partial charge in [0.25, 0.3) is 5.91 Å². The third-order valence-electron chi connectivity index (χ3n) is 4.20. The number of carbonyl (C=O) groups excluding carboxylic acids is 3. The van der Waals surface area contributed by atoms with Crippen molar-refractivity contribution in [3.05, 3.63) is 66.2 Å². The summed E-state index contributed by atoms with van der Waals surface area (Å²) in [6.45, 7) is -0.276. The average Bonchev–Trinajstić information content (AvgIpc) is 2.90. The maximum absolute atomic E-state index is 12.5. The average molecular weight is 337 g/mol. The first-order chi connectivity index (χ1) is 12.1. The van der Waals surface area contributed by atoms with Gasteiger partial charge in [-0.1, -0.05) is 48.5 Å². The number of para-hydroxylation sites is 1. The van der Waals surface area contributed by atoms with Gasteiger partial charge in [0.05, 0.1) is 0 Å². The highest BCUT2D eigenvalue weighted by molar-refractivity contribution is 6.08. The number of urea groups is 1. The fraction of sp³-hybridized carbons (Fsp3) is 0.211. The van der Waals surface area contributed by atoms with Gasteiger partial charge in [-0.25, -0.2) is 4.79 Å². The van der Waals surface area contributed by atoms with Crippen LogP contribution < -0.4 is 10.2 Å². The van der Waals surface area contributed by atoms with Crippen LogP contribution in [-0.2, 0) is 16.0 Å². The zero-order chi connectivity index (χ0) is 17.8. The summed E-state index contributed by atoms with van der Waals surface area (Å²) in [6, 6.07) is 17.4. The van der Waals surface area contributed by atoms with Crippen LogP contribution in [0.15, 0.2) is 60.7 Å². The Morgan fingerprint density at radius 1 is 1.04 bits per heavy atom. The van der Waals surface area contributed by atoms with Crippen LogP contribution in [0.1, 0.15) is 5.56 Å². The highest BCUT2D eigenvalue weighted by atomic mass is 16.2. The summed E-state index contributed by atoms with van der Waals surface area (Å²) in [4.78, 5) is 39.4. The van der Waals surface area contributed by atoms with E-state index < -0.39 is 12.1 Å². The number of benzene rings is 2. The molecule has 1 N–H and O–H groups in total. The van der Waals surface area contributed by atoms with E-state index in [2.05, 4.69) is 5.32 Å². The summed E-state index contributed by atoms with van der Waals surface area (Å²) in [5.41, 5.74) is 1.66. The summed E-state index contributed by atoms with van der Waals surface area (Å²) in [7, 11) is 1.62. The minimum atomic E-state index is -0.635. The van der Waals surface area contributed by atoms with Gasteiger partial charge in [-0.05, 0) is 17.7 Å². The Kier molecular flexibility index (Phi) is 4.79. The maximum Gasteiger partial charge on any atom is 0.325 e. The molecule has 2 aromatic carbocycles. The first-order valence-electron chi connectivity index (χ1n) is 8.03. The number of carbonyl (C=O) groups is 3. The molecular formula is C19H19N3O3. The van der Waals surface area contributed by atoms with Crippen LogP contribution in [0.2, 0.25) is 0 Å². The molecule has 0 aromatic heterocycles. The number of amides is 4. The highest BCUT2D eigenvalue weighted by Crippen LogP contribution is 2.15. The van der Waals surface area contributed by atoms with Crippen molar-refractivity contribution in [1.82, 2.24) is 10.2 Å². The number of imide groups is 1. The molecule has 3 rings (SSSR count). The molecule has 0 aliphatic carbocycles. The van der Waals surface area contributed by atoms with Crippen molar-refractivity contribution in [2.45, 2.75) is 12.5 Å². The van der Waals surface area contributed by atoms with E-state index in [0.29, 0.717) is 12.1 Å². The Hall–Kier alpha value is -3.15. The van der Waals surface area contributed by atoms with E-state index in [-0.39, 0.29) is 18.4 Å². The van der Waals surface area contributed by atoms with Gasteiger partial charge in [0, 0.05) is 19.2 Å². The predicted molar refractivity (Wildman–Crippen MR) is 94.0 cm³/mol. The number of rotatable bonds is 5. The molecule has 1 aliphatic rings. The molecule has 25 heavy (non-hydrogen) atoms. The minimum Gasteiger partial charge on any atom is -0.325 e. The normalized spacial score (nSPS) is 16.7. The summed E-state index contributed by atoms with van der Waals surface area (Å²) in [6.07, 6.45) is 0.407. The second-order valence-electron chi connectivity index (χ2n) is 5.90. The molecule has 1 fully saturated rings. The van der Waals surface area contributed by atoms with Gasteiger partial charge in [0.2, 0.25) is 5.91 Å². The Morgan fingerprint density at radius 2 is 1.64 bits per heavy atom. The molecule has 1 saturated heterocycles. The van der Waals surface area contributed by atoms with E-state index in [1.165, 1.54) is 4.90 Å². The fourth-order valence-electron chi connectivity index (χ4n) is 2.75. The minimum absolute atomic E-state index is 0.276. The summed E-state index contributed by atoms with van der Waals surface area (Å²) in [5.74, 6) is -0.696. The van der Waals surface area contributed by atoms with E-state index >= 15 is 0 Å². The summed E-state index contributed by atoms with van der Waals surface area (Å²) < 4.78 is 0. The molecule has 1 atom stereocenters. The Bertz CT molecular complexity index is 777. The zero-order valence-electron chi connectivity index (χ0n) is 13.9. The lowest BCUT2D eigenvalue weighted by molar-refractivity contribution is -0.131. The van der Waals surface area contributed by atoms with Gasteiger partial charge in [-0.15, -0.1) is 0 Å². The van der Waals surface area contributed by atoms with Crippen LogP contribution >= 0.6 is 0 Å². The molecule has 0 spiro atoms. The summed E-state index contributed by atoms with van der Waals surface area (Å²) in [5, 5.41) is 2.65. The fourth-order valence-corrected chi connectivity index (χ4v) is 2.75. The second-order valence-corrected chi connectivity index (χ2v) is 5.90. The van der Waals surface area contributed by atoms with Crippen molar-refractivity contribution in [3.63, 3.8) is 0 Å². The summed E-state index contributed by atoms with van der Waals surface area (Å²) >= 11 is 0. The number of hydrogen-bond donors (Lipinski definition) is 1. The van der Waals surface area contributed by atoms with Crippen molar-refractivity contribution in [2.24, 2.45) is 0 Å². The molecule has 6 nitrogen and oxygen atoms in total. The number of anilines is 1. The van der Waals surface area contributed by atoms with Crippen LogP contribution in [-0.4, -0.2) is 42.4 Å². The third kappa shape index (κ3) is 3.68. The van der Waals surface area contributed by atoms with E-state index in [1.54, 1.807) is 19.2 Å². The van der Waals surface area contributed by atoms with Crippen LogP contribution in [0.3, 0.4) is 0 Å². The topological polar surface area (TPSA) is 69.7 Å². The van der Waals surface area contributed by atoms with Crippen LogP contribution in [0.5, 0.6) is 0 Å². The standard InChI is InChI=1S/C19H19N3O3/c1-21(15-10-6-3-7-11-15)17(23)13-22-18(24)16(20-19(22)25)12-14-8-4-2-5-9-14/h2-11,16H,12-13H2,1H3,(H,20,25). The SMILES string of the molecule is CN(C(=O)CN1C(=O)NC(Cc2ccccc2)C1=O)c1ccccc1. The number of nitrogens with zero attached hydrogens (tertiary/aromatic N) is 2. The number of nitrogens with one attached hydrogen (secondary N) is 1. The third-order valence-corrected chi connectivity index (χ3v) is 4.20. The van der Waals surface area contributed by atoms with E-state index in [4.69, 9.17) is 0 Å². The van der Waals surface area contributed by atoms with Crippen molar-refractivity contribution < 1.29 is 14.4 Å². The van der Waals surface area contributed by atoms with Gasteiger partial charge >= 0.3 is 6.03 Å². The molecule has 0 bridgehead atoms. The van der Waals surface area contributed by atoms with E-state index in [9.17, 15) is 14.4 Å². The van der Waals surface area contributed by atoms with E-state index in [0.717, 1.165) is 10.5 Å². The first-order valence-corrected chi connectivity index (χ1v) is 8.03. The Labute approximate surface area is 146 Å². The zero-order valence-corrected chi connectivity index (χ0v) is 13.9. The molecular weight excluding hydrogens is 318 g/mol. The van der Waals surface area contributed by atoms with Crippen LogP contribution in [0.25, 0.3) is 0 Å². The van der Waals surface area contributed by atoms with Crippen molar-refractivity contribution in [1.29, 1.82) is 0 Å². The molecule has 0 saturated carbocycles. The molecule has 6 heteroatoms. The van der Waals surface area contributed by atoms with Gasteiger partial charge in [-0.2, -0.15) is 0 Å². The second kappa shape index (κ2) is 7.17. The maximum atomic E-state index is 12.5. The quantitative estimate of drug-likeness (QED) is 0.846. The van der Waals surface area contributed by atoms with E-state index in [1.807, 2.05) is 48.5 Å².